The van der Waals surface area contributed by atoms with E-state index in [-0.39, 0.29) is 11.7 Å². The molecule has 2 aromatic carbocycles. The number of fused-ring (bicyclic) bond motifs is 2. The van der Waals surface area contributed by atoms with E-state index in [0.29, 0.717) is 22.6 Å². The minimum absolute atomic E-state index is 0.231. The number of carbonyl (C=O) groups is 1. The molecule has 4 nitrogen and oxygen atoms in total. The van der Waals surface area contributed by atoms with Crippen molar-refractivity contribution < 1.29 is 9.18 Å². The third kappa shape index (κ3) is 2.57. The second-order valence-corrected chi connectivity index (χ2v) is 6.23. The number of rotatable bonds is 3. The van der Waals surface area contributed by atoms with Gasteiger partial charge in [0.05, 0.1) is 22.5 Å². The summed E-state index contributed by atoms with van der Waals surface area (Å²) in [5, 5.41) is 3.29. The number of hydrogen-bond donors (Lipinski definition) is 2. The van der Waals surface area contributed by atoms with Crippen LogP contribution in [-0.4, -0.2) is 15.9 Å². The Hall–Kier alpha value is -2.73. The maximum absolute atomic E-state index is 13.7. The molecular weight excluding hydrogens is 313 g/mol. The van der Waals surface area contributed by atoms with Gasteiger partial charge < -0.3 is 10.3 Å². The van der Waals surface area contributed by atoms with E-state index in [9.17, 15) is 9.18 Å². The normalized spacial score (nSPS) is 11.2. The molecule has 6 heteroatoms. The van der Waals surface area contributed by atoms with Crippen LogP contribution in [0.4, 0.5) is 4.39 Å². The zero-order chi connectivity index (χ0) is 15.8. The summed E-state index contributed by atoms with van der Waals surface area (Å²) in [6, 6.07) is 14.1. The van der Waals surface area contributed by atoms with Crippen LogP contribution < -0.4 is 5.32 Å². The first-order valence-corrected chi connectivity index (χ1v) is 7.92. The average Bonchev–Trinajstić information content (AvgIpc) is 3.17. The van der Waals surface area contributed by atoms with E-state index in [2.05, 4.69) is 15.3 Å². The summed E-state index contributed by atoms with van der Waals surface area (Å²) in [5.41, 5.74) is 1.79. The molecule has 0 radical (unpaired) electrons. The fourth-order valence-electron chi connectivity index (χ4n) is 2.48. The number of carbonyl (C=O) groups excluding carboxylic acids is 1. The van der Waals surface area contributed by atoms with Crippen molar-refractivity contribution >= 4 is 38.4 Å². The third-order valence-electron chi connectivity index (χ3n) is 3.59. The zero-order valence-corrected chi connectivity index (χ0v) is 12.8. The van der Waals surface area contributed by atoms with Crippen molar-refractivity contribution in [1.29, 1.82) is 0 Å². The SMILES string of the molecule is O=C(NCc1nc2ccccc2[nH]1)c1cc2c(F)cccc2s1. The van der Waals surface area contributed by atoms with Crippen molar-refractivity contribution in [3.63, 3.8) is 0 Å². The molecule has 0 aliphatic heterocycles. The fourth-order valence-corrected chi connectivity index (χ4v) is 3.47. The second kappa shape index (κ2) is 5.48. The number of amides is 1. The van der Waals surface area contributed by atoms with E-state index < -0.39 is 0 Å². The molecule has 2 heterocycles. The van der Waals surface area contributed by atoms with Gasteiger partial charge >= 0.3 is 0 Å². The lowest BCUT2D eigenvalue weighted by Gasteiger charge is -2.00. The van der Waals surface area contributed by atoms with Crippen LogP contribution in [0.5, 0.6) is 0 Å². The Morgan fingerprint density at radius 2 is 2.09 bits per heavy atom. The number of nitrogens with one attached hydrogen (secondary N) is 2. The molecule has 23 heavy (non-hydrogen) atoms. The van der Waals surface area contributed by atoms with Gasteiger partial charge in [-0.2, -0.15) is 0 Å². The monoisotopic (exact) mass is 325 g/mol. The molecule has 0 fully saturated rings. The molecule has 0 atom stereocenters. The first-order valence-electron chi connectivity index (χ1n) is 7.10. The van der Waals surface area contributed by atoms with Gasteiger partial charge in [-0.15, -0.1) is 11.3 Å². The number of imidazole rings is 1. The number of thiophene rings is 1. The molecule has 0 aliphatic rings. The van der Waals surface area contributed by atoms with Crippen molar-refractivity contribution in [3.05, 3.63) is 65.0 Å². The van der Waals surface area contributed by atoms with Crippen molar-refractivity contribution in [1.82, 2.24) is 15.3 Å². The summed E-state index contributed by atoms with van der Waals surface area (Å²) >= 11 is 1.28. The molecular formula is C17H12FN3OS. The molecule has 0 aliphatic carbocycles. The topological polar surface area (TPSA) is 57.8 Å². The first kappa shape index (κ1) is 13.9. The third-order valence-corrected chi connectivity index (χ3v) is 4.69. The standard InChI is InChI=1S/C17H12FN3OS/c18-11-4-3-7-14-10(11)8-15(23-14)17(22)19-9-16-20-12-5-1-2-6-13(12)21-16/h1-8H,9H2,(H,19,22)(H,20,21). The van der Waals surface area contributed by atoms with Gasteiger partial charge in [-0.3, -0.25) is 4.79 Å². The van der Waals surface area contributed by atoms with E-state index in [1.165, 1.54) is 17.4 Å². The quantitative estimate of drug-likeness (QED) is 0.601. The van der Waals surface area contributed by atoms with Crippen LogP contribution in [0.3, 0.4) is 0 Å². The zero-order valence-electron chi connectivity index (χ0n) is 12.0. The number of H-pyrrole nitrogens is 1. The van der Waals surface area contributed by atoms with Crippen LogP contribution in [0.25, 0.3) is 21.1 Å². The van der Waals surface area contributed by atoms with Gasteiger partial charge in [-0.25, -0.2) is 9.37 Å². The Morgan fingerprint density at radius 3 is 2.91 bits per heavy atom. The van der Waals surface area contributed by atoms with E-state index in [4.69, 9.17) is 0 Å². The summed E-state index contributed by atoms with van der Waals surface area (Å²) in [6.07, 6.45) is 0. The summed E-state index contributed by atoms with van der Waals surface area (Å²) in [7, 11) is 0. The smallest absolute Gasteiger partial charge is 0.261 e. The van der Waals surface area contributed by atoms with Gasteiger partial charge in [0.25, 0.3) is 5.91 Å². The lowest BCUT2D eigenvalue weighted by Crippen LogP contribution is -2.22. The molecule has 0 saturated carbocycles. The van der Waals surface area contributed by atoms with Gasteiger partial charge in [0.15, 0.2) is 0 Å². The molecule has 0 unspecified atom stereocenters. The van der Waals surface area contributed by atoms with E-state index in [0.717, 1.165) is 15.7 Å². The van der Waals surface area contributed by atoms with E-state index in [1.807, 2.05) is 24.3 Å². The van der Waals surface area contributed by atoms with Crippen LogP contribution in [0.2, 0.25) is 0 Å². The second-order valence-electron chi connectivity index (χ2n) is 5.15. The summed E-state index contributed by atoms with van der Waals surface area (Å²) in [6.45, 7) is 0.296. The molecule has 1 amide bonds. The number of aromatic nitrogens is 2. The van der Waals surface area contributed by atoms with Crippen LogP contribution in [0, 0.1) is 5.82 Å². The molecule has 0 bridgehead atoms. The van der Waals surface area contributed by atoms with Gasteiger partial charge in [0, 0.05) is 10.1 Å². The van der Waals surface area contributed by atoms with Crippen LogP contribution in [-0.2, 0) is 6.54 Å². The van der Waals surface area contributed by atoms with Crippen LogP contribution in [0.15, 0.2) is 48.5 Å². The highest BCUT2D eigenvalue weighted by atomic mass is 32.1. The number of nitrogens with zero attached hydrogens (tertiary/aromatic N) is 1. The van der Waals surface area contributed by atoms with Gasteiger partial charge in [-0.1, -0.05) is 18.2 Å². The van der Waals surface area contributed by atoms with E-state index in [1.54, 1.807) is 18.2 Å². The molecule has 4 aromatic rings. The minimum Gasteiger partial charge on any atom is -0.344 e. The Morgan fingerprint density at radius 1 is 1.22 bits per heavy atom. The van der Waals surface area contributed by atoms with Crippen molar-refractivity contribution in [3.8, 4) is 0 Å². The Balaban J connectivity index is 1.53. The summed E-state index contributed by atoms with van der Waals surface area (Å²) in [4.78, 5) is 20.3. The number of aromatic amines is 1. The van der Waals surface area contributed by atoms with E-state index >= 15 is 0 Å². The predicted octanol–water partition coefficient (Wildman–Crippen LogP) is 3.85. The van der Waals surface area contributed by atoms with Crippen molar-refractivity contribution in [2.45, 2.75) is 6.54 Å². The number of hydrogen-bond acceptors (Lipinski definition) is 3. The highest BCUT2D eigenvalue weighted by Crippen LogP contribution is 2.27. The summed E-state index contributed by atoms with van der Waals surface area (Å²) < 4.78 is 14.5. The molecule has 2 N–H and O–H groups in total. The molecule has 0 spiro atoms. The molecule has 114 valence electrons. The number of halogens is 1. The summed E-state index contributed by atoms with van der Waals surface area (Å²) in [5.74, 6) is 0.146. The number of para-hydroxylation sites is 2. The molecule has 2 aromatic heterocycles. The van der Waals surface area contributed by atoms with Gasteiger partial charge in [0.2, 0.25) is 0 Å². The Bertz CT molecular complexity index is 988. The van der Waals surface area contributed by atoms with Crippen LogP contribution >= 0.6 is 11.3 Å². The average molecular weight is 325 g/mol. The predicted molar refractivity (Wildman–Crippen MR) is 89.0 cm³/mol. The van der Waals surface area contributed by atoms with Gasteiger partial charge in [-0.05, 0) is 30.3 Å². The highest BCUT2D eigenvalue weighted by molar-refractivity contribution is 7.20. The highest BCUT2D eigenvalue weighted by Gasteiger charge is 2.13. The largest absolute Gasteiger partial charge is 0.344 e. The maximum atomic E-state index is 13.7. The molecule has 4 rings (SSSR count). The lowest BCUT2D eigenvalue weighted by atomic mass is 10.2. The van der Waals surface area contributed by atoms with Crippen molar-refractivity contribution in [2.24, 2.45) is 0 Å². The lowest BCUT2D eigenvalue weighted by molar-refractivity contribution is 0.0954. The fraction of sp³-hybridized carbons (Fsp3) is 0.0588. The minimum atomic E-state index is -0.310. The number of benzene rings is 2. The first-order chi connectivity index (χ1) is 11.2. The Kier molecular flexibility index (Phi) is 3.31. The van der Waals surface area contributed by atoms with Crippen LogP contribution in [0.1, 0.15) is 15.5 Å². The molecule has 0 saturated heterocycles. The van der Waals surface area contributed by atoms with Gasteiger partial charge in [0.1, 0.15) is 11.6 Å². The maximum Gasteiger partial charge on any atom is 0.261 e. The van der Waals surface area contributed by atoms with Crippen molar-refractivity contribution in [2.75, 3.05) is 0 Å². The Labute approximate surface area is 135 Å².